The maximum Gasteiger partial charge on any atom is 0.336 e. The molecule has 8 nitrogen and oxygen atoms in total. The van der Waals surface area contributed by atoms with Gasteiger partial charge in [-0.05, 0) is 69.6 Å². The van der Waals surface area contributed by atoms with E-state index in [-0.39, 0.29) is 48.5 Å². The van der Waals surface area contributed by atoms with Crippen LogP contribution < -0.4 is 0 Å². The van der Waals surface area contributed by atoms with Gasteiger partial charge in [0, 0.05) is 0 Å². The molecule has 0 bridgehead atoms. The number of carboxylic acid groups (broad SMARTS) is 2. The average Bonchev–Trinajstić information content (AvgIpc) is 2.91. The second-order valence-corrected chi connectivity index (χ2v) is 10.4. The molecule has 4 atom stereocenters. The van der Waals surface area contributed by atoms with E-state index in [9.17, 15) is 19.8 Å². The van der Waals surface area contributed by atoms with Crippen molar-refractivity contribution < 1.29 is 38.7 Å². The van der Waals surface area contributed by atoms with Gasteiger partial charge in [-0.15, -0.1) is 0 Å². The van der Waals surface area contributed by atoms with Crippen LogP contribution in [0.4, 0.5) is 0 Å². The Balaban J connectivity index is 2.83. The minimum Gasteiger partial charge on any atom is -0.478 e. The van der Waals surface area contributed by atoms with Crippen LogP contribution in [0.1, 0.15) is 138 Å². The Hall–Kier alpha value is -2.00. The standard InChI is InChI=1S/C32H54O8/c1-7-11-13-15-26(9-3)39-23(5)37-21-19-25-17-18-29(31(33)34)28(30(25)32(35)36)20-22-38-24(6)40-27(10-4)16-14-12-8-2/h17-18,23-24,26-27H,7-16,19-22H2,1-6H3,(H,33,34)(H,35,36). The third kappa shape index (κ3) is 13.6. The van der Waals surface area contributed by atoms with E-state index in [1.807, 2.05) is 13.8 Å². The van der Waals surface area contributed by atoms with Crippen LogP contribution in [0, 0.1) is 0 Å². The number of ether oxygens (including phenoxy) is 4. The van der Waals surface area contributed by atoms with Crippen molar-refractivity contribution in [3.8, 4) is 0 Å². The Morgan fingerprint density at radius 2 is 1.23 bits per heavy atom. The van der Waals surface area contributed by atoms with Gasteiger partial charge in [-0.2, -0.15) is 0 Å². The molecule has 0 fully saturated rings. The Morgan fingerprint density at radius 3 is 1.65 bits per heavy atom. The molecular formula is C32H54O8. The van der Waals surface area contributed by atoms with E-state index in [1.165, 1.54) is 12.5 Å². The first-order valence-electron chi connectivity index (χ1n) is 15.3. The molecule has 0 aliphatic heterocycles. The second-order valence-electron chi connectivity index (χ2n) is 10.4. The van der Waals surface area contributed by atoms with Crippen molar-refractivity contribution in [2.75, 3.05) is 13.2 Å². The molecule has 1 aromatic carbocycles. The Bertz CT molecular complexity index is 856. The van der Waals surface area contributed by atoms with E-state index >= 15 is 0 Å². The fourth-order valence-corrected chi connectivity index (χ4v) is 4.89. The average molecular weight is 567 g/mol. The molecule has 0 aliphatic carbocycles. The Labute approximate surface area is 241 Å². The summed E-state index contributed by atoms with van der Waals surface area (Å²) in [5, 5.41) is 19.8. The van der Waals surface area contributed by atoms with Gasteiger partial charge in [-0.1, -0.05) is 72.3 Å². The lowest BCUT2D eigenvalue weighted by Crippen LogP contribution is -2.24. The van der Waals surface area contributed by atoms with Crippen LogP contribution in [0.2, 0.25) is 0 Å². The SMILES string of the molecule is CCCCCC(CC)OC(C)OCCc1ccc(C(=O)O)c(CCOC(C)OC(CC)CCCCC)c1C(=O)O. The monoisotopic (exact) mass is 566 g/mol. The quantitative estimate of drug-likeness (QED) is 0.0969. The van der Waals surface area contributed by atoms with E-state index in [0.29, 0.717) is 12.0 Å². The molecule has 1 aromatic rings. The van der Waals surface area contributed by atoms with Crippen LogP contribution in [0.15, 0.2) is 12.1 Å². The van der Waals surface area contributed by atoms with E-state index in [1.54, 1.807) is 6.07 Å². The van der Waals surface area contributed by atoms with Gasteiger partial charge in [0.1, 0.15) is 0 Å². The van der Waals surface area contributed by atoms with Gasteiger partial charge in [-0.25, -0.2) is 9.59 Å². The van der Waals surface area contributed by atoms with Crippen molar-refractivity contribution in [2.45, 2.75) is 143 Å². The van der Waals surface area contributed by atoms with E-state index in [4.69, 9.17) is 18.9 Å². The highest BCUT2D eigenvalue weighted by Crippen LogP contribution is 2.23. The van der Waals surface area contributed by atoms with Crippen LogP contribution in [-0.2, 0) is 31.8 Å². The number of carboxylic acids is 2. The molecule has 230 valence electrons. The first-order chi connectivity index (χ1) is 19.2. The van der Waals surface area contributed by atoms with Crippen molar-refractivity contribution in [1.82, 2.24) is 0 Å². The first kappa shape index (κ1) is 36.0. The summed E-state index contributed by atoms with van der Waals surface area (Å²) < 4.78 is 23.7. The van der Waals surface area contributed by atoms with Crippen LogP contribution in [0.5, 0.6) is 0 Å². The molecule has 0 spiro atoms. The predicted octanol–water partition coefficient (Wildman–Crippen LogP) is 7.64. The van der Waals surface area contributed by atoms with Crippen molar-refractivity contribution in [3.63, 3.8) is 0 Å². The third-order valence-corrected chi connectivity index (χ3v) is 7.21. The van der Waals surface area contributed by atoms with Crippen LogP contribution >= 0.6 is 0 Å². The van der Waals surface area contributed by atoms with Gasteiger partial charge in [0.15, 0.2) is 12.6 Å². The van der Waals surface area contributed by atoms with Gasteiger partial charge in [0.2, 0.25) is 0 Å². The van der Waals surface area contributed by atoms with Gasteiger partial charge in [0.25, 0.3) is 0 Å². The number of aromatic carboxylic acids is 2. The van der Waals surface area contributed by atoms with Crippen LogP contribution in [0.3, 0.4) is 0 Å². The fraction of sp³-hybridized carbons (Fsp3) is 0.750. The molecule has 0 aliphatic rings. The molecule has 0 heterocycles. The number of unbranched alkanes of at least 4 members (excludes halogenated alkanes) is 4. The summed E-state index contributed by atoms with van der Waals surface area (Å²) in [5.74, 6) is -2.33. The first-order valence-corrected chi connectivity index (χ1v) is 15.3. The highest BCUT2D eigenvalue weighted by atomic mass is 16.7. The smallest absolute Gasteiger partial charge is 0.336 e. The van der Waals surface area contributed by atoms with Crippen molar-refractivity contribution >= 4 is 11.9 Å². The predicted molar refractivity (Wildman–Crippen MR) is 157 cm³/mol. The summed E-state index contributed by atoms with van der Waals surface area (Å²) in [4.78, 5) is 24.2. The van der Waals surface area contributed by atoms with Crippen molar-refractivity contribution in [3.05, 3.63) is 34.4 Å². The van der Waals surface area contributed by atoms with E-state index in [2.05, 4.69) is 27.7 Å². The Kier molecular flexibility index (Phi) is 18.7. The number of benzene rings is 1. The topological polar surface area (TPSA) is 112 Å². The summed E-state index contributed by atoms with van der Waals surface area (Å²) in [6, 6.07) is 3.04. The number of rotatable bonds is 24. The number of carbonyl (C=O) groups is 2. The molecule has 4 unspecified atom stereocenters. The zero-order valence-electron chi connectivity index (χ0n) is 25.7. The van der Waals surface area contributed by atoms with Crippen LogP contribution in [0.25, 0.3) is 0 Å². The minimum absolute atomic E-state index is 0.00578. The summed E-state index contributed by atoms with van der Waals surface area (Å²) >= 11 is 0. The minimum atomic E-state index is -1.16. The van der Waals surface area contributed by atoms with E-state index < -0.39 is 24.5 Å². The normalized spacial score (nSPS) is 14.6. The summed E-state index contributed by atoms with van der Waals surface area (Å²) in [6.45, 7) is 12.6. The maximum atomic E-state index is 12.3. The summed E-state index contributed by atoms with van der Waals surface area (Å²) in [7, 11) is 0. The molecule has 0 saturated heterocycles. The lowest BCUT2D eigenvalue weighted by atomic mass is 9.92. The highest BCUT2D eigenvalue weighted by Gasteiger charge is 2.23. The largest absolute Gasteiger partial charge is 0.478 e. The highest BCUT2D eigenvalue weighted by molar-refractivity contribution is 5.97. The Morgan fingerprint density at radius 1 is 0.725 bits per heavy atom. The van der Waals surface area contributed by atoms with Gasteiger partial charge in [0.05, 0.1) is 36.5 Å². The maximum absolute atomic E-state index is 12.3. The summed E-state index contributed by atoms with van der Waals surface area (Å²) in [6.07, 6.45) is 10.4. The molecular weight excluding hydrogens is 512 g/mol. The van der Waals surface area contributed by atoms with Gasteiger partial charge in [-0.3, -0.25) is 0 Å². The van der Waals surface area contributed by atoms with Crippen molar-refractivity contribution in [1.29, 1.82) is 0 Å². The molecule has 40 heavy (non-hydrogen) atoms. The molecule has 1 rings (SSSR count). The third-order valence-electron chi connectivity index (χ3n) is 7.21. The number of hydrogen-bond donors (Lipinski definition) is 2. The van der Waals surface area contributed by atoms with Crippen molar-refractivity contribution in [2.24, 2.45) is 0 Å². The zero-order chi connectivity index (χ0) is 29.9. The molecule has 0 aromatic heterocycles. The van der Waals surface area contributed by atoms with Gasteiger partial charge >= 0.3 is 11.9 Å². The zero-order valence-corrected chi connectivity index (χ0v) is 25.7. The van der Waals surface area contributed by atoms with Crippen LogP contribution in [-0.4, -0.2) is 60.2 Å². The lowest BCUT2D eigenvalue weighted by Gasteiger charge is -2.23. The molecule has 0 amide bonds. The molecule has 2 N–H and O–H groups in total. The lowest BCUT2D eigenvalue weighted by molar-refractivity contribution is -0.161. The fourth-order valence-electron chi connectivity index (χ4n) is 4.89. The van der Waals surface area contributed by atoms with Gasteiger partial charge < -0.3 is 29.2 Å². The molecule has 0 radical (unpaired) electrons. The number of hydrogen-bond acceptors (Lipinski definition) is 6. The molecule has 0 saturated carbocycles. The molecule has 8 heteroatoms. The second kappa shape index (κ2) is 20.8. The summed E-state index contributed by atoms with van der Waals surface area (Å²) in [5.41, 5.74) is 0.762. The van der Waals surface area contributed by atoms with E-state index in [0.717, 1.165) is 57.8 Å².